The molecule has 0 aliphatic rings. The quantitative estimate of drug-likeness (QED) is 0.582. The van der Waals surface area contributed by atoms with E-state index >= 15 is 0 Å². The van der Waals surface area contributed by atoms with Gasteiger partial charge in [-0.05, 0) is 58.6 Å². The first-order valence-corrected chi connectivity index (χ1v) is 8.02. The van der Waals surface area contributed by atoms with Gasteiger partial charge in [0.1, 0.15) is 5.75 Å². The molecular formula is C16H15BrCl2O. The van der Waals surface area contributed by atoms with Gasteiger partial charge in [0, 0.05) is 5.02 Å². The first-order chi connectivity index (χ1) is 9.61. The molecule has 2 aromatic rings. The van der Waals surface area contributed by atoms with Gasteiger partial charge in [0.15, 0.2) is 0 Å². The molecule has 0 saturated heterocycles. The maximum Gasteiger partial charge on any atom is 0.133 e. The van der Waals surface area contributed by atoms with E-state index in [1.165, 1.54) is 0 Å². The summed E-state index contributed by atoms with van der Waals surface area (Å²) in [5.41, 5.74) is 2.10. The summed E-state index contributed by atoms with van der Waals surface area (Å²) in [5, 5.41) is 0.630. The van der Waals surface area contributed by atoms with Crippen LogP contribution in [0.5, 0.6) is 5.75 Å². The SMILES string of the molecule is CCOc1ccc(C(Cl)Cc2ccccc2Cl)cc1Br. The second-order valence-electron chi connectivity index (χ2n) is 4.39. The lowest BCUT2D eigenvalue weighted by molar-refractivity contribution is 0.338. The van der Waals surface area contributed by atoms with E-state index in [4.69, 9.17) is 27.9 Å². The van der Waals surface area contributed by atoms with E-state index in [0.29, 0.717) is 13.0 Å². The third-order valence-corrected chi connectivity index (χ3v) is 4.37. The lowest BCUT2D eigenvalue weighted by atomic mass is 10.0. The van der Waals surface area contributed by atoms with Gasteiger partial charge in [-0.2, -0.15) is 0 Å². The largest absolute Gasteiger partial charge is 0.493 e. The summed E-state index contributed by atoms with van der Waals surface area (Å²) >= 11 is 16.2. The highest BCUT2D eigenvalue weighted by Crippen LogP contribution is 2.33. The Morgan fingerprint density at radius 3 is 2.60 bits per heavy atom. The number of ether oxygens (including phenoxy) is 1. The van der Waals surface area contributed by atoms with Gasteiger partial charge in [-0.15, -0.1) is 11.6 Å². The van der Waals surface area contributed by atoms with Crippen LogP contribution in [0.15, 0.2) is 46.9 Å². The predicted octanol–water partition coefficient (Wildman–Crippen LogP) is 6.02. The van der Waals surface area contributed by atoms with Crippen LogP contribution in [0.3, 0.4) is 0 Å². The van der Waals surface area contributed by atoms with Crippen LogP contribution >= 0.6 is 39.1 Å². The monoisotopic (exact) mass is 372 g/mol. The van der Waals surface area contributed by atoms with Crippen LogP contribution in [0.4, 0.5) is 0 Å². The van der Waals surface area contributed by atoms with Crippen molar-refractivity contribution in [2.24, 2.45) is 0 Å². The molecule has 0 radical (unpaired) electrons. The van der Waals surface area contributed by atoms with Crippen LogP contribution in [-0.2, 0) is 6.42 Å². The van der Waals surface area contributed by atoms with Crippen molar-refractivity contribution in [3.63, 3.8) is 0 Å². The van der Waals surface area contributed by atoms with E-state index in [1.54, 1.807) is 0 Å². The molecule has 0 heterocycles. The van der Waals surface area contributed by atoms with Crippen LogP contribution in [0.2, 0.25) is 5.02 Å². The van der Waals surface area contributed by atoms with E-state index < -0.39 is 0 Å². The van der Waals surface area contributed by atoms with Gasteiger partial charge in [-0.1, -0.05) is 35.9 Å². The number of hydrogen-bond donors (Lipinski definition) is 0. The molecule has 1 nitrogen and oxygen atoms in total. The van der Waals surface area contributed by atoms with Crippen LogP contribution in [-0.4, -0.2) is 6.61 Å². The molecule has 0 spiro atoms. The second-order valence-corrected chi connectivity index (χ2v) is 6.17. The average Bonchev–Trinajstić information content (AvgIpc) is 2.43. The van der Waals surface area contributed by atoms with Crippen LogP contribution in [0.1, 0.15) is 23.4 Å². The molecule has 0 saturated carbocycles. The van der Waals surface area contributed by atoms with Gasteiger partial charge in [0.05, 0.1) is 16.5 Å². The molecule has 0 amide bonds. The zero-order valence-corrected chi connectivity index (χ0v) is 14.2. The molecule has 1 atom stereocenters. The van der Waals surface area contributed by atoms with Gasteiger partial charge in [-0.25, -0.2) is 0 Å². The second kappa shape index (κ2) is 7.35. The minimum absolute atomic E-state index is 0.123. The zero-order chi connectivity index (χ0) is 14.5. The number of hydrogen-bond acceptors (Lipinski definition) is 1. The third kappa shape index (κ3) is 3.91. The van der Waals surface area contributed by atoms with Gasteiger partial charge in [0.2, 0.25) is 0 Å². The normalized spacial score (nSPS) is 12.2. The van der Waals surface area contributed by atoms with Gasteiger partial charge >= 0.3 is 0 Å². The highest BCUT2D eigenvalue weighted by Gasteiger charge is 2.13. The summed E-state index contributed by atoms with van der Waals surface area (Å²) in [6, 6.07) is 13.7. The highest BCUT2D eigenvalue weighted by atomic mass is 79.9. The standard InChI is InChI=1S/C16H15BrCl2O/c1-2-20-16-8-7-12(9-13(16)17)15(19)10-11-5-3-4-6-14(11)18/h3-9,15H,2,10H2,1H3. The Kier molecular flexibility index (Phi) is 5.76. The molecule has 0 bridgehead atoms. The van der Waals surface area contributed by atoms with E-state index in [0.717, 1.165) is 26.4 Å². The van der Waals surface area contributed by atoms with Crippen LogP contribution in [0, 0.1) is 0 Å². The van der Waals surface area contributed by atoms with Crippen molar-refractivity contribution < 1.29 is 4.74 Å². The molecule has 20 heavy (non-hydrogen) atoms. The van der Waals surface area contributed by atoms with E-state index in [2.05, 4.69) is 15.9 Å². The Hall–Kier alpha value is -0.700. The van der Waals surface area contributed by atoms with Crippen molar-refractivity contribution >= 4 is 39.1 Å². The van der Waals surface area contributed by atoms with Crippen LogP contribution < -0.4 is 4.74 Å². The summed E-state index contributed by atoms with van der Waals surface area (Å²) in [7, 11) is 0. The summed E-state index contributed by atoms with van der Waals surface area (Å²) in [4.78, 5) is 0. The Labute approximate surface area is 138 Å². The van der Waals surface area contributed by atoms with E-state index in [-0.39, 0.29) is 5.38 Å². The van der Waals surface area contributed by atoms with Gasteiger partial charge in [-0.3, -0.25) is 0 Å². The van der Waals surface area contributed by atoms with E-state index in [9.17, 15) is 0 Å². The first-order valence-electron chi connectivity index (χ1n) is 6.41. The molecule has 1 unspecified atom stereocenters. The molecule has 0 aliphatic heterocycles. The first kappa shape index (κ1) is 15.7. The molecule has 0 aliphatic carbocycles. The maximum absolute atomic E-state index is 6.49. The van der Waals surface area contributed by atoms with Crippen molar-refractivity contribution in [3.05, 3.63) is 63.1 Å². The number of rotatable bonds is 5. The number of benzene rings is 2. The fourth-order valence-corrected chi connectivity index (χ4v) is 2.99. The minimum Gasteiger partial charge on any atom is -0.493 e. The lowest BCUT2D eigenvalue weighted by Crippen LogP contribution is -1.98. The minimum atomic E-state index is -0.123. The van der Waals surface area contributed by atoms with Gasteiger partial charge < -0.3 is 4.74 Å². The molecule has 0 N–H and O–H groups in total. The molecule has 4 heteroatoms. The predicted molar refractivity (Wildman–Crippen MR) is 89.1 cm³/mol. The van der Waals surface area contributed by atoms with E-state index in [1.807, 2.05) is 49.4 Å². The van der Waals surface area contributed by atoms with Crippen LogP contribution in [0.25, 0.3) is 0 Å². The third-order valence-electron chi connectivity index (χ3n) is 2.97. The topological polar surface area (TPSA) is 9.23 Å². The fourth-order valence-electron chi connectivity index (χ4n) is 1.96. The summed E-state index contributed by atoms with van der Waals surface area (Å²) < 4.78 is 6.42. The highest BCUT2D eigenvalue weighted by molar-refractivity contribution is 9.10. The molecular weight excluding hydrogens is 359 g/mol. The summed E-state index contributed by atoms with van der Waals surface area (Å²) in [6.07, 6.45) is 0.696. The summed E-state index contributed by atoms with van der Waals surface area (Å²) in [5.74, 6) is 0.831. The molecule has 0 aromatic heterocycles. The van der Waals surface area contributed by atoms with Crippen molar-refractivity contribution in [1.82, 2.24) is 0 Å². The van der Waals surface area contributed by atoms with Crippen molar-refractivity contribution in [2.75, 3.05) is 6.61 Å². The average molecular weight is 374 g/mol. The maximum atomic E-state index is 6.49. The fraction of sp³-hybridized carbons (Fsp3) is 0.250. The lowest BCUT2D eigenvalue weighted by Gasteiger charge is -2.13. The summed E-state index contributed by atoms with van der Waals surface area (Å²) in [6.45, 7) is 2.60. The molecule has 106 valence electrons. The Balaban J connectivity index is 2.15. The Bertz CT molecular complexity index is 586. The smallest absolute Gasteiger partial charge is 0.133 e. The Morgan fingerprint density at radius 1 is 1.20 bits per heavy atom. The zero-order valence-electron chi connectivity index (χ0n) is 11.1. The van der Waals surface area contributed by atoms with Gasteiger partial charge in [0.25, 0.3) is 0 Å². The molecule has 2 aromatic carbocycles. The molecule has 2 rings (SSSR count). The molecule has 0 fully saturated rings. The number of halogens is 3. The Morgan fingerprint density at radius 2 is 1.95 bits per heavy atom. The van der Waals surface area contributed by atoms with Crippen molar-refractivity contribution in [3.8, 4) is 5.75 Å². The van der Waals surface area contributed by atoms with Crippen molar-refractivity contribution in [1.29, 1.82) is 0 Å². The number of alkyl halides is 1. The van der Waals surface area contributed by atoms with Crippen molar-refractivity contribution in [2.45, 2.75) is 18.7 Å².